The molecule has 0 bridgehead atoms. The molecule has 0 aliphatic heterocycles. The zero-order valence-electron chi connectivity index (χ0n) is 12.0. The molecule has 0 fully saturated rings. The lowest BCUT2D eigenvalue weighted by Gasteiger charge is -2.06. The smallest absolute Gasteiger partial charge is 0.142 e. The number of fused-ring (bicyclic) bond motifs is 1. The molecule has 1 aromatic carbocycles. The highest BCUT2D eigenvalue weighted by Gasteiger charge is 2.12. The van der Waals surface area contributed by atoms with E-state index in [0.29, 0.717) is 6.54 Å². The summed E-state index contributed by atoms with van der Waals surface area (Å²) in [5.41, 5.74) is 12.0. The largest absolute Gasteiger partial charge is 0.327 e. The highest BCUT2D eigenvalue weighted by molar-refractivity contribution is 5.81. The molecule has 0 atom stereocenters. The average Bonchev–Trinajstić information content (AvgIpc) is 2.76. The molecule has 0 unspecified atom stereocenters. The molecule has 0 amide bonds. The minimum Gasteiger partial charge on any atom is -0.327 e. The molecule has 0 saturated heterocycles. The number of benzene rings is 1. The minimum atomic E-state index is 0.543. The Bertz CT molecular complexity index is 787. The number of hydrogen-bond donors (Lipinski definition) is 1. The summed E-state index contributed by atoms with van der Waals surface area (Å²) in [5, 5.41) is 0. The van der Waals surface area contributed by atoms with E-state index in [4.69, 9.17) is 10.7 Å². The minimum absolute atomic E-state index is 0.543. The second-order valence-corrected chi connectivity index (χ2v) is 5.11. The zero-order valence-corrected chi connectivity index (χ0v) is 12.0. The molecule has 0 aliphatic rings. The lowest BCUT2D eigenvalue weighted by atomic mass is 10.2. The standard InChI is InChI=1S/C16H18N4/c1-10-4-6-13(11(2)18-10)16-19-14-7-5-12(9-17)8-15(14)20(16)3/h4-8H,9,17H2,1-3H3. The Hall–Kier alpha value is -2.20. The van der Waals surface area contributed by atoms with Gasteiger partial charge >= 0.3 is 0 Å². The van der Waals surface area contributed by atoms with Crippen LogP contribution in [0.5, 0.6) is 0 Å². The van der Waals surface area contributed by atoms with Gasteiger partial charge in [0, 0.05) is 30.5 Å². The summed E-state index contributed by atoms with van der Waals surface area (Å²) in [6.45, 7) is 4.56. The summed E-state index contributed by atoms with van der Waals surface area (Å²) in [4.78, 5) is 9.25. The summed E-state index contributed by atoms with van der Waals surface area (Å²) < 4.78 is 2.10. The number of rotatable bonds is 2. The molecule has 2 heterocycles. The molecular weight excluding hydrogens is 248 g/mol. The fourth-order valence-corrected chi connectivity index (χ4v) is 2.53. The quantitative estimate of drug-likeness (QED) is 0.776. The Morgan fingerprint density at radius 2 is 1.90 bits per heavy atom. The lowest BCUT2D eigenvalue weighted by molar-refractivity contribution is 0.949. The first kappa shape index (κ1) is 12.8. The van der Waals surface area contributed by atoms with Crippen LogP contribution in [0.25, 0.3) is 22.4 Å². The predicted molar refractivity (Wildman–Crippen MR) is 81.3 cm³/mol. The molecule has 2 N–H and O–H groups in total. The maximum absolute atomic E-state index is 5.71. The SMILES string of the molecule is Cc1ccc(-c2nc3ccc(CN)cc3n2C)c(C)n1. The molecule has 3 rings (SSSR count). The van der Waals surface area contributed by atoms with Crippen molar-refractivity contribution in [2.75, 3.05) is 0 Å². The van der Waals surface area contributed by atoms with E-state index in [1.165, 1.54) is 0 Å². The molecule has 102 valence electrons. The summed E-state index contributed by atoms with van der Waals surface area (Å²) in [5.74, 6) is 0.944. The van der Waals surface area contributed by atoms with Gasteiger partial charge < -0.3 is 10.3 Å². The molecule has 3 aromatic rings. The molecule has 4 heteroatoms. The predicted octanol–water partition coefficient (Wildman–Crippen LogP) is 2.71. The zero-order chi connectivity index (χ0) is 14.3. The number of pyridine rings is 1. The van der Waals surface area contributed by atoms with E-state index in [1.807, 2.05) is 39.1 Å². The normalized spacial score (nSPS) is 11.2. The van der Waals surface area contributed by atoms with E-state index in [0.717, 1.165) is 39.4 Å². The van der Waals surface area contributed by atoms with Crippen molar-refractivity contribution in [1.29, 1.82) is 0 Å². The van der Waals surface area contributed by atoms with Gasteiger partial charge in [-0.2, -0.15) is 0 Å². The second-order valence-electron chi connectivity index (χ2n) is 5.11. The van der Waals surface area contributed by atoms with Gasteiger partial charge in [0.25, 0.3) is 0 Å². The summed E-state index contributed by atoms with van der Waals surface area (Å²) in [6, 6.07) is 10.3. The fraction of sp³-hybridized carbons (Fsp3) is 0.250. The van der Waals surface area contributed by atoms with Gasteiger partial charge in [-0.3, -0.25) is 4.98 Å². The number of aromatic nitrogens is 3. The Labute approximate surface area is 118 Å². The first-order valence-corrected chi connectivity index (χ1v) is 6.70. The van der Waals surface area contributed by atoms with Crippen LogP contribution in [0, 0.1) is 13.8 Å². The third kappa shape index (κ3) is 1.98. The fourth-order valence-electron chi connectivity index (χ4n) is 2.53. The first-order valence-electron chi connectivity index (χ1n) is 6.70. The summed E-state index contributed by atoms with van der Waals surface area (Å²) >= 11 is 0. The van der Waals surface area contributed by atoms with Gasteiger partial charge in [-0.15, -0.1) is 0 Å². The molecule has 0 spiro atoms. The van der Waals surface area contributed by atoms with E-state index < -0.39 is 0 Å². The Balaban J connectivity index is 2.24. The number of hydrogen-bond acceptors (Lipinski definition) is 3. The van der Waals surface area contributed by atoms with Gasteiger partial charge in [-0.1, -0.05) is 6.07 Å². The van der Waals surface area contributed by atoms with Crippen molar-refractivity contribution in [2.45, 2.75) is 20.4 Å². The van der Waals surface area contributed by atoms with Crippen molar-refractivity contribution in [2.24, 2.45) is 12.8 Å². The summed E-state index contributed by atoms with van der Waals surface area (Å²) in [6.07, 6.45) is 0. The molecule has 2 aromatic heterocycles. The van der Waals surface area contributed by atoms with Crippen LogP contribution in [-0.4, -0.2) is 14.5 Å². The van der Waals surface area contributed by atoms with Crippen molar-refractivity contribution < 1.29 is 0 Å². The lowest BCUT2D eigenvalue weighted by Crippen LogP contribution is -1.98. The molecule has 0 aliphatic carbocycles. The van der Waals surface area contributed by atoms with Crippen LogP contribution in [0.1, 0.15) is 17.0 Å². The van der Waals surface area contributed by atoms with Gasteiger partial charge in [0.2, 0.25) is 0 Å². The van der Waals surface area contributed by atoms with E-state index in [1.54, 1.807) is 0 Å². The van der Waals surface area contributed by atoms with Gasteiger partial charge in [0.05, 0.1) is 11.0 Å². The van der Waals surface area contributed by atoms with Crippen LogP contribution in [-0.2, 0) is 13.6 Å². The first-order chi connectivity index (χ1) is 9.60. The van der Waals surface area contributed by atoms with Crippen molar-refractivity contribution in [3.05, 3.63) is 47.3 Å². The maximum Gasteiger partial charge on any atom is 0.142 e. The van der Waals surface area contributed by atoms with Crippen molar-refractivity contribution >= 4 is 11.0 Å². The van der Waals surface area contributed by atoms with Crippen molar-refractivity contribution in [3.63, 3.8) is 0 Å². The van der Waals surface area contributed by atoms with Crippen LogP contribution in [0.4, 0.5) is 0 Å². The molecule has 20 heavy (non-hydrogen) atoms. The third-order valence-electron chi connectivity index (χ3n) is 3.65. The average molecular weight is 266 g/mol. The molecule has 0 radical (unpaired) electrons. The van der Waals surface area contributed by atoms with Crippen molar-refractivity contribution in [3.8, 4) is 11.4 Å². The highest BCUT2D eigenvalue weighted by atomic mass is 15.1. The van der Waals surface area contributed by atoms with Crippen LogP contribution < -0.4 is 5.73 Å². The Morgan fingerprint density at radius 3 is 2.60 bits per heavy atom. The van der Waals surface area contributed by atoms with Crippen LogP contribution in [0.2, 0.25) is 0 Å². The van der Waals surface area contributed by atoms with Crippen molar-refractivity contribution in [1.82, 2.24) is 14.5 Å². The van der Waals surface area contributed by atoms with Crippen LogP contribution >= 0.6 is 0 Å². The number of imidazole rings is 1. The Morgan fingerprint density at radius 1 is 1.10 bits per heavy atom. The van der Waals surface area contributed by atoms with Gasteiger partial charge in [0.15, 0.2) is 0 Å². The molecule has 4 nitrogen and oxygen atoms in total. The number of nitrogens with two attached hydrogens (primary N) is 1. The van der Waals surface area contributed by atoms with Gasteiger partial charge in [0.1, 0.15) is 5.82 Å². The second kappa shape index (κ2) is 4.72. The Kier molecular flexibility index (Phi) is 3.03. The molecular formula is C16H18N4. The van der Waals surface area contributed by atoms with Crippen LogP contribution in [0.15, 0.2) is 30.3 Å². The van der Waals surface area contributed by atoms with E-state index in [-0.39, 0.29) is 0 Å². The number of nitrogens with zero attached hydrogens (tertiary/aromatic N) is 3. The molecule has 0 saturated carbocycles. The topological polar surface area (TPSA) is 56.7 Å². The summed E-state index contributed by atoms with van der Waals surface area (Å²) in [7, 11) is 2.03. The monoisotopic (exact) mass is 266 g/mol. The number of aryl methyl sites for hydroxylation is 3. The van der Waals surface area contributed by atoms with Gasteiger partial charge in [-0.05, 0) is 43.7 Å². The third-order valence-corrected chi connectivity index (χ3v) is 3.65. The van der Waals surface area contributed by atoms with Crippen LogP contribution in [0.3, 0.4) is 0 Å². The van der Waals surface area contributed by atoms with Gasteiger partial charge in [-0.25, -0.2) is 4.98 Å². The van der Waals surface area contributed by atoms with E-state index in [9.17, 15) is 0 Å². The van der Waals surface area contributed by atoms with E-state index >= 15 is 0 Å². The highest BCUT2D eigenvalue weighted by Crippen LogP contribution is 2.26. The maximum atomic E-state index is 5.71. The van der Waals surface area contributed by atoms with E-state index in [2.05, 4.69) is 21.7 Å².